The molecule has 2 aromatic carbocycles. The summed E-state index contributed by atoms with van der Waals surface area (Å²) in [7, 11) is -3.71. The minimum absolute atomic E-state index is 0.0267. The van der Waals surface area contributed by atoms with Gasteiger partial charge in [0.1, 0.15) is 17.6 Å². The van der Waals surface area contributed by atoms with Crippen LogP contribution in [0.1, 0.15) is 34.3 Å². The first-order valence-electron chi connectivity index (χ1n) is 9.91. The molecule has 31 heavy (non-hydrogen) atoms. The van der Waals surface area contributed by atoms with Gasteiger partial charge in [-0.3, -0.25) is 4.79 Å². The Labute approximate surface area is 185 Å². The number of nitrogens with zero attached hydrogens (tertiary/aromatic N) is 4. The molecule has 4 rings (SSSR count). The predicted molar refractivity (Wildman–Crippen MR) is 116 cm³/mol. The van der Waals surface area contributed by atoms with Crippen LogP contribution in [0.5, 0.6) is 0 Å². The molecule has 10 heteroatoms. The molecule has 0 radical (unpaired) electrons. The maximum Gasteiger partial charge on any atom is 0.251 e. The van der Waals surface area contributed by atoms with Crippen molar-refractivity contribution in [3.63, 3.8) is 0 Å². The van der Waals surface area contributed by atoms with Gasteiger partial charge < -0.3 is 5.32 Å². The lowest BCUT2D eigenvalue weighted by Gasteiger charge is -2.17. The van der Waals surface area contributed by atoms with E-state index in [4.69, 9.17) is 11.6 Å². The highest BCUT2D eigenvalue weighted by molar-refractivity contribution is 7.89. The van der Waals surface area contributed by atoms with Crippen LogP contribution in [0.15, 0.2) is 60.0 Å². The molecule has 1 saturated heterocycles. The van der Waals surface area contributed by atoms with Gasteiger partial charge in [-0.1, -0.05) is 35.9 Å². The molecule has 0 atom stereocenters. The fourth-order valence-electron chi connectivity index (χ4n) is 3.46. The molecule has 0 aliphatic carbocycles. The predicted octanol–water partition coefficient (Wildman–Crippen LogP) is 2.69. The van der Waals surface area contributed by atoms with Crippen LogP contribution in [0, 0.1) is 0 Å². The number of aromatic nitrogens is 3. The first-order valence-corrected chi connectivity index (χ1v) is 11.7. The fourth-order valence-corrected chi connectivity index (χ4v) is 5.48. The van der Waals surface area contributed by atoms with E-state index in [-0.39, 0.29) is 21.4 Å². The van der Waals surface area contributed by atoms with E-state index in [9.17, 15) is 13.2 Å². The summed E-state index contributed by atoms with van der Waals surface area (Å²) in [6.07, 6.45) is 4.80. The number of halogens is 1. The zero-order valence-electron chi connectivity index (χ0n) is 16.7. The molecule has 1 amide bonds. The number of benzene rings is 2. The Morgan fingerprint density at radius 3 is 2.45 bits per heavy atom. The molecule has 1 aliphatic heterocycles. The second kappa shape index (κ2) is 9.17. The molecule has 2 heterocycles. The van der Waals surface area contributed by atoms with Crippen LogP contribution < -0.4 is 5.32 Å². The highest BCUT2D eigenvalue weighted by Gasteiger charge is 2.29. The third-order valence-electron chi connectivity index (χ3n) is 5.16. The molecule has 0 spiro atoms. The Hall–Kier alpha value is -2.75. The number of nitrogens with one attached hydrogen (secondary N) is 1. The van der Waals surface area contributed by atoms with E-state index in [1.54, 1.807) is 11.0 Å². The van der Waals surface area contributed by atoms with Gasteiger partial charge in [0.2, 0.25) is 10.0 Å². The Balaban J connectivity index is 1.42. The van der Waals surface area contributed by atoms with Crippen molar-refractivity contribution in [2.24, 2.45) is 0 Å². The van der Waals surface area contributed by atoms with Crippen molar-refractivity contribution in [3.8, 4) is 0 Å². The second-order valence-electron chi connectivity index (χ2n) is 7.35. The Morgan fingerprint density at radius 1 is 1.06 bits per heavy atom. The molecule has 3 aromatic rings. The minimum atomic E-state index is -3.71. The van der Waals surface area contributed by atoms with E-state index < -0.39 is 10.0 Å². The molecule has 0 bridgehead atoms. The third kappa shape index (κ3) is 4.95. The summed E-state index contributed by atoms with van der Waals surface area (Å²) in [5.41, 5.74) is 2.24. The topological polar surface area (TPSA) is 97.2 Å². The third-order valence-corrected chi connectivity index (χ3v) is 7.54. The molecule has 1 N–H and O–H groups in total. The van der Waals surface area contributed by atoms with Crippen molar-refractivity contribution in [2.75, 3.05) is 13.1 Å². The average molecular weight is 460 g/mol. The Morgan fingerprint density at radius 2 is 1.77 bits per heavy atom. The van der Waals surface area contributed by atoms with Crippen molar-refractivity contribution < 1.29 is 13.2 Å². The zero-order valence-corrected chi connectivity index (χ0v) is 18.3. The van der Waals surface area contributed by atoms with Crippen LogP contribution in [0.3, 0.4) is 0 Å². The minimum Gasteiger partial charge on any atom is -0.348 e. The maximum atomic E-state index is 12.9. The van der Waals surface area contributed by atoms with E-state index >= 15 is 0 Å². The van der Waals surface area contributed by atoms with Crippen LogP contribution >= 0.6 is 11.6 Å². The van der Waals surface area contributed by atoms with Gasteiger partial charge in [0.05, 0.1) is 11.6 Å². The van der Waals surface area contributed by atoms with Crippen LogP contribution in [0.25, 0.3) is 0 Å². The maximum absolute atomic E-state index is 12.9. The highest BCUT2D eigenvalue weighted by atomic mass is 35.5. The lowest BCUT2D eigenvalue weighted by Crippen LogP contribution is -2.29. The number of rotatable bonds is 7. The zero-order chi connectivity index (χ0) is 21.8. The number of carbonyl (C=O) groups excluding carboxylic acids is 1. The summed E-state index contributed by atoms with van der Waals surface area (Å²) in [4.78, 5) is 16.5. The fraction of sp³-hybridized carbons (Fsp3) is 0.286. The van der Waals surface area contributed by atoms with Gasteiger partial charge in [0.25, 0.3) is 5.91 Å². The highest BCUT2D eigenvalue weighted by Crippen LogP contribution is 2.28. The van der Waals surface area contributed by atoms with Crippen molar-refractivity contribution in [2.45, 2.75) is 30.8 Å². The molecule has 1 fully saturated rings. The molecule has 1 aliphatic rings. The summed E-state index contributed by atoms with van der Waals surface area (Å²) in [6.45, 7) is 1.88. The number of hydrogen-bond donors (Lipinski definition) is 1. The van der Waals surface area contributed by atoms with Crippen LogP contribution in [-0.2, 0) is 23.1 Å². The van der Waals surface area contributed by atoms with Gasteiger partial charge in [-0.2, -0.15) is 9.40 Å². The number of sulfonamides is 1. The van der Waals surface area contributed by atoms with E-state index in [2.05, 4.69) is 15.4 Å². The van der Waals surface area contributed by atoms with Crippen molar-refractivity contribution >= 4 is 27.5 Å². The quantitative estimate of drug-likeness (QED) is 0.585. The molecule has 8 nitrogen and oxygen atoms in total. The van der Waals surface area contributed by atoms with Crippen molar-refractivity contribution in [1.82, 2.24) is 24.4 Å². The monoisotopic (exact) mass is 459 g/mol. The standard InChI is InChI=1S/C21H22ClN5O3S/c22-19-8-7-18(11-20(19)31(29,30)27-9-1-2-10-27)21(28)24-12-16-3-5-17(6-4-16)13-26-15-23-14-25-26/h3-8,11,14-15H,1-2,9-10,12-13H2,(H,24,28). The van der Waals surface area contributed by atoms with Crippen LogP contribution in [-0.4, -0.2) is 46.5 Å². The first-order chi connectivity index (χ1) is 14.9. The van der Waals surface area contributed by atoms with Gasteiger partial charge in [-0.25, -0.2) is 18.1 Å². The van der Waals surface area contributed by atoms with Crippen molar-refractivity contribution in [1.29, 1.82) is 0 Å². The second-order valence-corrected chi connectivity index (χ2v) is 9.66. The molecule has 0 unspecified atom stereocenters. The van der Waals surface area contributed by atoms with Gasteiger partial charge in [0.15, 0.2) is 0 Å². The van der Waals surface area contributed by atoms with Crippen molar-refractivity contribution in [3.05, 3.63) is 76.8 Å². The van der Waals surface area contributed by atoms with Gasteiger partial charge >= 0.3 is 0 Å². The van der Waals surface area contributed by atoms with E-state index in [1.165, 1.54) is 28.8 Å². The smallest absolute Gasteiger partial charge is 0.251 e. The molecular formula is C21H22ClN5O3S. The van der Waals surface area contributed by atoms with Crippen LogP contribution in [0.2, 0.25) is 5.02 Å². The normalized spacial score (nSPS) is 14.6. The summed E-state index contributed by atoms with van der Waals surface area (Å²) >= 11 is 6.15. The average Bonchev–Trinajstić information content (AvgIpc) is 3.48. The van der Waals surface area contributed by atoms with Crippen LogP contribution in [0.4, 0.5) is 0 Å². The summed E-state index contributed by atoms with van der Waals surface area (Å²) in [5, 5.41) is 7.02. The van der Waals surface area contributed by atoms with E-state index in [1.807, 2.05) is 24.3 Å². The van der Waals surface area contributed by atoms with E-state index in [0.717, 1.165) is 24.0 Å². The Bertz CT molecular complexity index is 1160. The summed E-state index contributed by atoms with van der Waals surface area (Å²) < 4.78 is 28.9. The first kappa shape index (κ1) is 21.5. The van der Waals surface area contributed by atoms with E-state index in [0.29, 0.717) is 26.2 Å². The number of hydrogen-bond acceptors (Lipinski definition) is 5. The molecule has 1 aromatic heterocycles. The largest absolute Gasteiger partial charge is 0.348 e. The lowest BCUT2D eigenvalue weighted by molar-refractivity contribution is 0.0950. The SMILES string of the molecule is O=C(NCc1ccc(Cn2cncn2)cc1)c1ccc(Cl)c(S(=O)(=O)N2CCCC2)c1. The van der Waals surface area contributed by atoms with Gasteiger partial charge in [-0.15, -0.1) is 0 Å². The summed E-state index contributed by atoms with van der Waals surface area (Å²) in [6, 6.07) is 12.1. The van der Waals surface area contributed by atoms with Gasteiger partial charge in [-0.05, 0) is 42.2 Å². The number of amides is 1. The molecule has 0 saturated carbocycles. The van der Waals surface area contributed by atoms with Gasteiger partial charge in [0, 0.05) is 25.2 Å². The molecular weight excluding hydrogens is 438 g/mol. The Kier molecular flexibility index (Phi) is 6.35. The number of carbonyl (C=O) groups is 1. The summed E-state index contributed by atoms with van der Waals surface area (Å²) in [5.74, 6) is -0.360. The molecule has 162 valence electrons. The lowest BCUT2D eigenvalue weighted by atomic mass is 10.1.